The SMILES string of the molecule is CCN(CC)c1ccc(NC(=O)Nc2ccc3c(c2)C(=O)N(CCCOC)C3=O)c(C)c1.[Cl-]. The Hall–Kier alpha value is -3.10. The first-order chi connectivity index (χ1) is 15.4. The van der Waals surface area contributed by atoms with E-state index in [1.165, 1.54) is 4.90 Å². The fourth-order valence-corrected chi connectivity index (χ4v) is 3.80. The van der Waals surface area contributed by atoms with Gasteiger partial charge in [-0.1, -0.05) is 0 Å². The second-order valence-corrected chi connectivity index (χ2v) is 7.62. The molecule has 0 aliphatic carbocycles. The molecule has 0 saturated carbocycles. The summed E-state index contributed by atoms with van der Waals surface area (Å²) in [5, 5.41) is 5.59. The number of urea groups is 1. The zero-order valence-corrected chi connectivity index (χ0v) is 20.2. The number of carbonyl (C=O) groups excluding carboxylic acids is 3. The summed E-state index contributed by atoms with van der Waals surface area (Å²) in [6.45, 7) is 8.74. The van der Waals surface area contributed by atoms with Crippen molar-refractivity contribution in [2.45, 2.75) is 27.2 Å². The van der Waals surface area contributed by atoms with Crippen LogP contribution < -0.4 is 27.9 Å². The Labute approximate surface area is 200 Å². The van der Waals surface area contributed by atoms with Gasteiger partial charge in [-0.15, -0.1) is 0 Å². The average molecular weight is 474 g/mol. The highest BCUT2D eigenvalue weighted by atomic mass is 35.5. The molecule has 4 amide bonds. The van der Waals surface area contributed by atoms with E-state index in [4.69, 9.17) is 4.74 Å². The molecule has 2 aromatic rings. The van der Waals surface area contributed by atoms with E-state index >= 15 is 0 Å². The van der Waals surface area contributed by atoms with Gasteiger partial charge in [-0.05, 0) is 69.2 Å². The molecule has 2 aromatic carbocycles. The van der Waals surface area contributed by atoms with Gasteiger partial charge in [-0.25, -0.2) is 4.79 Å². The van der Waals surface area contributed by atoms with Crippen LogP contribution in [-0.4, -0.2) is 56.1 Å². The minimum atomic E-state index is -0.419. The number of carbonyl (C=O) groups is 3. The molecule has 1 aliphatic rings. The van der Waals surface area contributed by atoms with Gasteiger partial charge >= 0.3 is 6.03 Å². The van der Waals surface area contributed by atoms with Gasteiger partial charge in [0.25, 0.3) is 11.8 Å². The molecule has 0 aromatic heterocycles. The number of halogens is 1. The third-order valence-electron chi connectivity index (χ3n) is 5.55. The van der Waals surface area contributed by atoms with Gasteiger partial charge in [0.2, 0.25) is 0 Å². The maximum atomic E-state index is 12.6. The molecule has 0 bridgehead atoms. The lowest BCUT2D eigenvalue weighted by Crippen LogP contribution is -3.00. The number of imide groups is 1. The van der Waals surface area contributed by atoms with Gasteiger partial charge in [0.1, 0.15) is 0 Å². The third-order valence-corrected chi connectivity index (χ3v) is 5.55. The van der Waals surface area contributed by atoms with Crippen LogP contribution in [0.15, 0.2) is 36.4 Å². The number of ether oxygens (including phenoxy) is 1. The third kappa shape index (κ3) is 5.83. The highest BCUT2D eigenvalue weighted by Gasteiger charge is 2.35. The molecule has 178 valence electrons. The van der Waals surface area contributed by atoms with Crippen molar-refractivity contribution in [3.63, 3.8) is 0 Å². The number of methoxy groups -OCH3 is 1. The molecule has 33 heavy (non-hydrogen) atoms. The molecule has 2 N–H and O–H groups in total. The van der Waals surface area contributed by atoms with Crippen molar-refractivity contribution in [3.05, 3.63) is 53.1 Å². The van der Waals surface area contributed by atoms with Crippen LogP contribution in [0.1, 0.15) is 46.5 Å². The number of anilines is 3. The summed E-state index contributed by atoms with van der Waals surface area (Å²) in [6, 6.07) is 10.2. The fraction of sp³-hybridized carbons (Fsp3) is 0.375. The van der Waals surface area contributed by atoms with E-state index in [-0.39, 0.29) is 24.2 Å². The first-order valence-corrected chi connectivity index (χ1v) is 10.8. The van der Waals surface area contributed by atoms with E-state index in [2.05, 4.69) is 29.4 Å². The van der Waals surface area contributed by atoms with E-state index in [1.54, 1.807) is 25.3 Å². The summed E-state index contributed by atoms with van der Waals surface area (Å²) < 4.78 is 4.99. The quantitative estimate of drug-likeness (QED) is 0.421. The van der Waals surface area contributed by atoms with Crippen molar-refractivity contribution in [1.82, 2.24) is 4.90 Å². The summed E-state index contributed by atoms with van der Waals surface area (Å²) in [5.74, 6) is -0.672. The number of hydrogen-bond acceptors (Lipinski definition) is 5. The highest BCUT2D eigenvalue weighted by Crippen LogP contribution is 2.27. The average Bonchev–Trinajstić information content (AvgIpc) is 3.01. The number of hydrogen-bond donors (Lipinski definition) is 2. The van der Waals surface area contributed by atoms with Gasteiger partial charge in [-0.2, -0.15) is 0 Å². The Morgan fingerprint density at radius 3 is 2.33 bits per heavy atom. The van der Waals surface area contributed by atoms with E-state index in [9.17, 15) is 14.4 Å². The molecular formula is C24H30ClN4O4-. The van der Waals surface area contributed by atoms with Crippen LogP contribution in [0.2, 0.25) is 0 Å². The summed E-state index contributed by atoms with van der Waals surface area (Å²) in [7, 11) is 1.58. The van der Waals surface area contributed by atoms with Crippen molar-refractivity contribution in [2.24, 2.45) is 0 Å². The van der Waals surface area contributed by atoms with Gasteiger partial charge in [0.05, 0.1) is 11.1 Å². The number of rotatable bonds is 9. The van der Waals surface area contributed by atoms with Crippen molar-refractivity contribution in [2.75, 3.05) is 48.9 Å². The van der Waals surface area contributed by atoms with Crippen molar-refractivity contribution in [1.29, 1.82) is 0 Å². The first-order valence-electron chi connectivity index (χ1n) is 10.8. The Balaban J connectivity index is 0.00000385. The smallest absolute Gasteiger partial charge is 0.323 e. The molecule has 0 atom stereocenters. The summed E-state index contributed by atoms with van der Waals surface area (Å²) in [4.78, 5) is 41.1. The second-order valence-electron chi connectivity index (χ2n) is 7.62. The van der Waals surface area contributed by atoms with Gasteiger partial charge in [-0.3, -0.25) is 14.5 Å². The largest absolute Gasteiger partial charge is 1.00 e. The molecule has 9 heteroatoms. The molecular weight excluding hydrogens is 444 g/mol. The number of fused-ring (bicyclic) bond motifs is 1. The minimum absolute atomic E-state index is 0. The summed E-state index contributed by atoms with van der Waals surface area (Å²) in [6.07, 6.45) is 0.571. The van der Waals surface area contributed by atoms with E-state index < -0.39 is 6.03 Å². The maximum absolute atomic E-state index is 12.6. The zero-order chi connectivity index (χ0) is 23.3. The molecule has 0 spiro atoms. The van der Waals surface area contributed by atoms with Crippen LogP contribution in [0.4, 0.5) is 21.9 Å². The van der Waals surface area contributed by atoms with E-state index in [0.29, 0.717) is 42.1 Å². The van der Waals surface area contributed by atoms with Gasteiger partial charge in [0, 0.05) is 50.4 Å². The lowest BCUT2D eigenvalue weighted by molar-refractivity contribution is -0.0000339. The topological polar surface area (TPSA) is 91.0 Å². The van der Waals surface area contributed by atoms with Crippen LogP contribution in [0.5, 0.6) is 0 Å². The molecule has 8 nitrogen and oxygen atoms in total. The Morgan fingerprint density at radius 1 is 1.00 bits per heavy atom. The normalized spacial score (nSPS) is 12.3. The Kier molecular flexibility index (Phi) is 9.25. The van der Waals surface area contributed by atoms with Gasteiger partial charge in [0.15, 0.2) is 0 Å². The minimum Gasteiger partial charge on any atom is -1.00 e. The van der Waals surface area contributed by atoms with Crippen LogP contribution in [0.3, 0.4) is 0 Å². The van der Waals surface area contributed by atoms with Crippen LogP contribution in [0, 0.1) is 6.92 Å². The molecule has 3 rings (SSSR count). The van der Waals surface area contributed by atoms with E-state index in [1.807, 2.05) is 25.1 Å². The lowest BCUT2D eigenvalue weighted by Gasteiger charge is -2.22. The highest BCUT2D eigenvalue weighted by molar-refractivity contribution is 6.22. The second kappa shape index (κ2) is 11.7. The number of aryl methyl sites for hydroxylation is 1. The van der Waals surface area contributed by atoms with Crippen molar-refractivity contribution < 1.29 is 31.5 Å². The maximum Gasteiger partial charge on any atom is 0.323 e. The molecule has 1 aliphatic heterocycles. The van der Waals surface area contributed by atoms with E-state index in [0.717, 1.165) is 24.3 Å². The van der Waals surface area contributed by atoms with Crippen LogP contribution in [0.25, 0.3) is 0 Å². The molecule has 1 heterocycles. The lowest BCUT2D eigenvalue weighted by atomic mass is 10.1. The fourth-order valence-electron chi connectivity index (χ4n) is 3.80. The molecule has 0 radical (unpaired) electrons. The molecule has 0 saturated heterocycles. The number of nitrogens with one attached hydrogen (secondary N) is 2. The van der Waals surface area contributed by atoms with Crippen molar-refractivity contribution in [3.8, 4) is 0 Å². The number of benzene rings is 2. The standard InChI is InChI=1S/C24H30N4O4.ClH/c1-5-27(6-2)18-9-11-21(16(3)14-18)26-24(31)25-17-8-10-19-20(15-17)23(30)28(22(19)29)12-7-13-32-4;/h8-11,14-15H,5-7,12-13H2,1-4H3,(H2,25,26,31);1H/p-1. The molecule has 0 unspecified atom stereocenters. The predicted molar refractivity (Wildman–Crippen MR) is 126 cm³/mol. The first kappa shape index (κ1) is 26.2. The van der Waals surface area contributed by atoms with Gasteiger partial charge < -0.3 is 32.7 Å². The number of amides is 4. The number of nitrogens with zero attached hydrogens (tertiary/aromatic N) is 2. The van der Waals surface area contributed by atoms with Crippen LogP contribution >= 0.6 is 0 Å². The summed E-state index contributed by atoms with van der Waals surface area (Å²) >= 11 is 0. The zero-order valence-electron chi connectivity index (χ0n) is 19.4. The Morgan fingerprint density at radius 2 is 1.70 bits per heavy atom. The van der Waals surface area contributed by atoms with Crippen molar-refractivity contribution >= 4 is 34.9 Å². The molecule has 0 fully saturated rings. The Bertz CT molecular complexity index is 1020. The summed E-state index contributed by atoms with van der Waals surface area (Å²) in [5.41, 5.74) is 3.85. The monoisotopic (exact) mass is 473 g/mol. The van der Waals surface area contributed by atoms with Crippen LogP contribution in [-0.2, 0) is 4.74 Å². The predicted octanol–water partition coefficient (Wildman–Crippen LogP) is 1.12.